The van der Waals surface area contributed by atoms with Crippen LogP contribution in [0.1, 0.15) is 23.0 Å². The van der Waals surface area contributed by atoms with Gasteiger partial charge in [-0.05, 0) is 41.9 Å². The molecule has 0 spiro atoms. The summed E-state index contributed by atoms with van der Waals surface area (Å²) in [6, 6.07) is 3.60. The van der Waals surface area contributed by atoms with Gasteiger partial charge in [0.25, 0.3) is 0 Å². The molecule has 0 aliphatic rings. The molecular weight excluding hydrogens is 286 g/mol. The fraction of sp³-hybridized carbons (Fsp3) is 0.250. The standard InChI is InChI=1S/C12H12BrNO3/c1-3-14-7(2)9(12(15)16)10(13)11(14)8-5-4-6-17-8/h4-6H,3H2,1-2H3,(H,15,16). The van der Waals surface area contributed by atoms with Gasteiger partial charge in [0.2, 0.25) is 0 Å². The molecule has 2 heterocycles. The Balaban J connectivity index is 2.75. The summed E-state index contributed by atoms with van der Waals surface area (Å²) in [6.45, 7) is 4.45. The van der Waals surface area contributed by atoms with Gasteiger partial charge in [-0.2, -0.15) is 0 Å². The van der Waals surface area contributed by atoms with Gasteiger partial charge in [0.15, 0.2) is 5.76 Å². The first-order chi connectivity index (χ1) is 8.07. The fourth-order valence-electron chi connectivity index (χ4n) is 2.00. The van der Waals surface area contributed by atoms with Crippen LogP contribution in [0.25, 0.3) is 11.5 Å². The molecule has 17 heavy (non-hydrogen) atoms. The highest BCUT2D eigenvalue weighted by atomic mass is 79.9. The molecule has 0 saturated carbocycles. The summed E-state index contributed by atoms with van der Waals surface area (Å²) in [6.07, 6.45) is 1.57. The Bertz CT molecular complexity index is 555. The Kier molecular flexibility index (Phi) is 3.11. The Morgan fingerprint density at radius 1 is 1.59 bits per heavy atom. The van der Waals surface area contributed by atoms with Gasteiger partial charge in [0, 0.05) is 12.2 Å². The second kappa shape index (κ2) is 4.41. The lowest BCUT2D eigenvalue weighted by atomic mass is 10.2. The molecule has 0 radical (unpaired) electrons. The summed E-state index contributed by atoms with van der Waals surface area (Å²) in [5.41, 5.74) is 1.78. The van der Waals surface area contributed by atoms with E-state index in [1.807, 2.05) is 17.6 Å². The Morgan fingerprint density at radius 2 is 2.29 bits per heavy atom. The largest absolute Gasteiger partial charge is 0.478 e. The molecular formula is C12H12BrNO3. The normalized spacial score (nSPS) is 10.8. The molecule has 1 N–H and O–H groups in total. The van der Waals surface area contributed by atoms with Gasteiger partial charge in [-0.25, -0.2) is 4.79 Å². The molecule has 2 aromatic rings. The van der Waals surface area contributed by atoms with Crippen LogP contribution in [0.5, 0.6) is 0 Å². The number of carboxylic acids is 1. The highest BCUT2D eigenvalue weighted by Crippen LogP contribution is 2.36. The monoisotopic (exact) mass is 297 g/mol. The molecule has 0 aliphatic carbocycles. The van der Waals surface area contributed by atoms with Crippen molar-refractivity contribution < 1.29 is 14.3 Å². The number of nitrogens with zero attached hydrogens (tertiary/aromatic N) is 1. The maximum atomic E-state index is 11.2. The summed E-state index contributed by atoms with van der Waals surface area (Å²) < 4.78 is 7.84. The molecule has 2 rings (SSSR count). The van der Waals surface area contributed by atoms with Gasteiger partial charge < -0.3 is 14.1 Å². The maximum absolute atomic E-state index is 11.2. The van der Waals surface area contributed by atoms with Crippen LogP contribution in [-0.4, -0.2) is 15.6 Å². The van der Waals surface area contributed by atoms with Gasteiger partial charge in [-0.1, -0.05) is 0 Å². The topological polar surface area (TPSA) is 55.4 Å². The number of rotatable bonds is 3. The average molecular weight is 298 g/mol. The van der Waals surface area contributed by atoms with Crippen LogP contribution in [0.4, 0.5) is 0 Å². The zero-order chi connectivity index (χ0) is 12.6. The number of aromatic nitrogens is 1. The zero-order valence-electron chi connectivity index (χ0n) is 9.53. The first kappa shape index (κ1) is 12.0. The number of halogens is 1. The van der Waals surface area contributed by atoms with Crippen LogP contribution in [0.2, 0.25) is 0 Å². The molecule has 0 aliphatic heterocycles. The van der Waals surface area contributed by atoms with Gasteiger partial charge in [0.05, 0.1) is 22.0 Å². The summed E-state index contributed by atoms with van der Waals surface area (Å²) >= 11 is 3.35. The molecule has 0 bridgehead atoms. The van der Waals surface area contributed by atoms with E-state index in [1.54, 1.807) is 19.3 Å². The van der Waals surface area contributed by atoms with E-state index in [1.165, 1.54) is 0 Å². The predicted molar refractivity (Wildman–Crippen MR) is 67.2 cm³/mol. The summed E-state index contributed by atoms with van der Waals surface area (Å²) in [5.74, 6) is -0.274. The third-order valence-corrected chi connectivity index (χ3v) is 3.52. The van der Waals surface area contributed by atoms with E-state index in [2.05, 4.69) is 15.9 Å². The Labute approximate surface area is 107 Å². The van der Waals surface area contributed by atoms with Crippen molar-refractivity contribution in [1.29, 1.82) is 0 Å². The molecule has 0 fully saturated rings. The average Bonchev–Trinajstić information content (AvgIpc) is 2.84. The lowest BCUT2D eigenvalue weighted by Gasteiger charge is -2.06. The van der Waals surface area contributed by atoms with Crippen LogP contribution in [0, 0.1) is 6.92 Å². The van der Waals surface area contributed by atoms with Gasteiger partial charge >= 0.3 is 5.97 Å². The first-order valence-electron chi connectivity index (χ1n) is 5.23. The predicted octanol–water partition coefficient (Wildman–Crippen LogP) is 3.54. The quantitative estimate of drug-likeness (QED) is 0.943. The van der Waals surface area contributed by atoms with E-state index >= 15 is 0 Å². The smallest absolute Gasteiger partial charge is 0.338 e. The molecule has 0 unspecified atom stereocenters. The lowest BCUT2D eigenvalue weighted by Crippen LogP contribution is -2.02. The number of aromatic carboxylic acids is 1. The lowest BCUT2D eigenvalue weighted by molar-refractivity contribution is 0.0695. The highest BCUT2D eigenvalue weighted by Gasteiger charge is 2.24. The van der Waals surface area contributed by atoms with E-state index in [9.17, 15) is 9.90 Å². The van der Waals surface area contributed by atoms with Crippen molar-refractivity contribution in [2.24, 2.45) is 0 Å². The highest BCUT2D eigenvalue weighted by molar-refractivity contribution is 9.10. The van der Waals surface area contributed by atoms with Crippen LogP contribution in [-0.2, 0) is 6.54 Å². The SMILES string of the molecule is CCn1c(C)c(C(=O)O)c(Br)c1-c1ccco1. The number of carbonyl (C=O) groups is 1. The van der Waals surface area contributed by atoms with Crippen molar-refractivity contribution in [3.8, 4) is 11.5 Å². The summed E-state index contributed by atoms with van der Waals surface area (Å²) in [5, 5.41) is 9.20. The van der Waals surface area contributed by atoms with Crippen molar-refractivity contribution in [1.82, 2.24) is 4.57 Å². The van der Waals surface area contributed by atoms with Gasteiger partial charge in [-0.15, -0.1) is 0 Å². The molecule has 2 aromatic heterocycles. The molecule has 0 atom stereocenters. The maximum Gasteiger partial charge on any atom is 0.338 e. The molecule has 90 valence electrons. The first-order valence-corrected chi connectivity index (χ1v) is 6.03. The number of carboxylic acid groups (broad SMARTS) is 1. The second-order valence-corrected chi connectivity index (χ2v) is 4.44. The number of hydrogen-bond acceptors (Lipinski definition) is 2. The molecule has 0 saturated heterocycles. The molecule has 0 aromatic carbocycles. The molecule has 0 amide bonds. The van der Waals surface area contributed by atoms with E-state index in [0.29, 0.717) is 22.3 Å². The van der Waals surface area contributed by atoms with E-state index in [0.717, 1.165) is 11.4 Å². The molecule has 5 heteroatoms. The minimum Gasteiger partial charge on any atom is -0.478 e. The van der Waals surface area contributed by atoms with Crippen molar-refractivity contribution in [2.45, 2.75) is 20.4 Å². The van der Waals surface area contributed by atoms with E-state index < -0.39 is 5.97 Å². The zero-order valence-corrected chi connectivity index (χ0v) is 11.1. The Morgan fingerprint density at radius 3 is 2.76 bits per heavy atom. The van der Waals surface area contributed by atoms with Crippen molar-refractivity contribution in [2.75, 3.05) is 0 Å². The second-order valence-electron chi connectivity index (χ2n) is 3.65. The van der Waals surface area contributed by atoms with Gasteiger partial charge in [0.1, 0.15) is 0 Å². The number of furan rings is 1. The fourth-order valence-corrected chi connectivity index (χ4v) is 2.86. The minimum atomic E-state index is -0.936. The third kappa shape index (κ3) is 1.80. The molecule has 4 nitrogen and oxygen atoms in total. The van der Waals surface area contributed by atoms with Crippen molar-refractivity contribution in [3.05, 3.63) is 34.1 Å². The number of hydrogen-bond donors (Lipinski definition) is 1. The van der Waals surface area contributed by atoms with Crippen LogP contribution in [0.15, 0.2) is 27.3 Å². The van der Waals surface area contributed by atoms with Crippen molar-refractivity contribution >= 4 is 21.9 Å². The van der Waals surface area contributed by atoms with Gasteiger partial charge in [-0.3, -0.25) is 0 Å². The summed E-state index contributed by atoms with van der Waals surface area (Å²) in [7, 11) is 0. The summed E-state index contributed by atoms with van der Waals surface area (Å²) in [4.78, 5) is 11.2. The van der Waals surface area contributed by atoms with Crippen molar-refractivity contribution in [3.63, 3.8) is 0 Å². The minimum absolute atomic E-state index is 0.290. The van der Waals surface area contributed by atoms with Crippen LogP contribution < -0.4 is 0 Å². The van der Waals surface area contributed by atoms with Crippen LogP contribution >= 0.6 is 15.9 Å². The van der Waals surface area contributed by atoms with E-state index in [4.69, 9.17) is 4.42 Å². The van der Waals surface area contributed by atoms with Crippen LogP contribution in [0.3, 0.4) is 0 Å². The Hall–Kier alpha value is -1.49. The third-order valence-electron chi connectivity index (χ3n) is 2.75. The van der Waals surface area contributed by atoms with E-state index in [-0.39, 0.29) is 0 Å².